The van der Waals surface area contributed by atoms with Gasteiger partial charge in [0.25, 0.3) is 0 Å². The molecule has 0 bridgehead atoms. The number of pyridine rings is 2. The molecule has 0 saturated heterocycles. The second-order valence-corrected chi connectivity index (χ2v) is 8.07. The van der Waals surface area contributed by atoms with Crippen LogP contribution in [0, 0.1) is 6.92 Å². The first-order valence-electron chi connectivity index (χ1n) is 8.92. The number of anilines is 1. The molecule has 164 valence electrons. The van der Waals surface area contributed by atoms with Crippen molar-refractivity contribution in [3.63, 3.8) is 0 Å². The van der Waals surface area contributed by atoms with Gasteiger partial charge in [0, 0.05) is 18.1 Å². The monoisotopic (exact) mass is 449 g/mol. The average molecular weight is 449 g/mol. The van der Waals surface area contributed by atoms with E-state index in [-0.39, 0.29) is 0 Å². The molecule has 0 aliphatic heterocycles. The van der Waals surface area contributed by atoms with Crippen molar-refractivity contribution in [2.24, 2.45) is 0 Å². The maximum absolute atomic E-state index is 13.1. The molecule has 0 unspecified atom stereocenters. The lowest BCUT2D eigenvalue weighted by Crippen LogP contribution is -2.21. The van der Waals surface area contributed by atoms with Gasteiger partial charge in [0.05, 0.1) is 23.1 Å². The number of aromatic nitrogens is 2. The van der Waals surface area contributed by atoms with Gasteiger partial charge in [-0.05, 0) is 44.2 Å². The summed E-state index contributed by atoms with van der Waals surface area (Å²) < 4.78 is 78.2. The lowest BCUT2D eigenvalue weighted by atomic mass is 10.1. The number of rotatable bonds is 5. The van der Waals surface area contributed by atoms with Crippen LogP contribution in [0.2, 0.25) is 0 Å². The number of halogens is 6. The molecule has 2 aromatic rings. The molecule has 0 radical (unpaired) electrons. The Kier molecular flexibility index (Phi) is 7.11. The zero-order valence-electron chi connectivity index (χ0n) is 17.0. The molecule has 0 aliphatic carbocycles. The molecule has 0 aromatic carbocycles. The molecule has 10 heteroatoms. The van der Waals surface area contributed by atoms with Crippen molar-refractivity contribution in [2.45, 2.75) is 44.9 Å². The zero-order chi connectivity index (χ0) is 22.9. The number of nitrogens with zero attached hydrogens (tertiary/aromatic N) is 3. The van der Waals surface area contributed by atoms with E-state index in [0.29, 0.717) is 33.3 Å². The van der Waals surface area contributed by atoms with E-state index in [0.717, 1.165) is 30.1 Å². The highest BCUT2D eigenvalue weighted by molar-refractivity contribution is 7.99. The Balaban J connectivity index is 2.60. The molecule has 0 atom stereocenters. The number of alkyl halides is 6. The van der Waals surface area contributed by atoms with Crippen LogP contribution in [0.3, 0.4) is 0 Å². The molecule has 0 saturated carbocycles. The van der Waals surface area contributed by atoms with Crippen LogP contribution in [0.1, 0.15) is 43.3 Å². The molecule has 0 fully saturated rings. The van der Waals surface area contributed by atoms with Crippen molar-refractivity contribution < 1.29 is 26.3 Å². The molecule has 0 aliphatic rings. The summed E-state index contributed by atoms with van der Waals surface area (Å²) in [5.41, 5.74) is 0.433. The van der Waals surface area contributed by atoms with Crippen LogP contribution in [0.25, 0.3) is 5.70 Å². The van der Waals surface area contributed by atoms with E-state index >= 15 is 0 Å². The van der Waals surface area contributed by atoms with Crippen molar-refractivity contribution in [1.82, 2.24) is 9.97 Å². The van der Waals surface area contributed by atoms with Crippen molar-refractivity contribution >= 4 is 23.1 Å². The third kappa shape index (κ3) is 5.27. The predicted molar refractivity (Wildman–Crippen MR) is 106 cm³/mol. The second-order valence-electron chi connectivity index (χ2n) is 6.76. The summed E-state index contributed by atoms with van der Waals surface area (Å²) in [5, 5.41) is 0. The van der Waals surface area contributed by atoms with Gasteiger partial charge in [-0.25, -0.2) is 4.98 Å². The Labute approximate surface area is 175 Å². The van der Waals surface area contributed by atoms with Gasteiger partial charge in [-0.2, -0.15) is 26.3 Å². The average Bonchev–Trinajstić information content (AvgIpc) is 2.61. The van der Waals surface area contributed by atoms with E-state index in [1.165, 1.54) is 18.7 Å². The number of hydrogen-bond acceptors (Lipinski definition) is 4. The minimum absolute atomic E-state index is 0.329. The fourth-order valence-corrected chi connectivity index (χ4v) is 3.76. The van der Waals surface area contributed by atoms with E-state index in [1.54, 1.807) is 25.8 Å². The van der Waals surface area contributed by atoms with E-state index in [2.05, 4.69) is 9.97 Å². The van der Waals surface area contributed by atoms with Gasteiger partial charge >= 0.3 is 12.4 Å². The Bertz CT molecular complexity index is 947. The first-order valence-corrected chi connectivity index (χ1v) is 9.91. The maximum Gasteiger partial charge on any atom is 0.433 e. The van der Waals surface area contributed by atoms with Crippen molar-refractivity contribution in [1.29, 1.82) is 0 Å². The maximum atomic E-state index is 13.1. The van der Waals surface area contributed by atoms with Gasteiger partial charge in [-0.15, -0.1) is 11.8 Å². The van der Waals surface area contributed by atoms with Crippen LogP contribution in [0.4, 0.5) is 32.0 Å². The Morgan fingerprint density at radius 1 is 1.00 bits per heavy atom. The molecule has 0 N–H and O–H groups in total. The summed E-state index contributed by atoms with van der Waals surface area (Å²) in [6.45, 7) is 6.86. The predicted octanol–water partition coefficient (Wildman–Crippen LogP) is 6.82. The smallest absolute Gasteiger partial charge is 0.341 e. The van der Waals surface area contributed by atoms with Gasteiger partial charge < -0.3 is 4.90 Å². The highest BCUT2D eigenvalue weighted by atomic mass is 32.2. The van der Waals surface area contributed by atoms with Crippen LogP contribution >= 0.6 is 11.8 Å². The Morgan fingerprint density at radius 3 is 2.10 bits per heavy atom. The summed E-state index contributed by atoms with van der Waals surface area (Å²) in [4.78, 5) is 9.53. The fraction of sp³-hybridized carbons (Fsp3) is 0.400. The van der Waals surface area contributed by atoms with Crippen molar-refractivity contribution in [3.8, 4) is 0 Å². The molecule has 2 aromatic heterocycles. The van der Waals surface area contributed by atoms with Crippen molar-refractivity contribution in [3.05, 3.63) is 52.6 Å². The highest BCUT2D eigenvalue weighted by Gasteiger charge is 2.34. The van der Waals surface area contributed by atoms with E-state index in [4.69, 9.17) is 0 Å². The summed E-state index contributed by atoms with van der Waals surface area (Å²) in [5.74, 6) is 0.524. The molecule has 2 heterocycles. The molecule has 0 amide bonds. The number of allylic oxidation sites excluding steroid dienone is 1. The normalized spacial score (nSPS) is 12.1. The third-order valence-electron chi connectivity index (χ3n) is 4.25. The largest absolute Gasteiger partial charge is 0.433 e. The van der Waals surface area contributed by atoms with Crippen LogP contribution in [-0.2, 0) is 12.4 Å². The van der Waals surface area contributed by atoms with Crippen LogP contribution in [0.15, 0.2) is 35.0 Å². The SMILES string of the molecule is CCSc1cc(C(F)(F)F)cnc1C(=C(C)C)N(C)c1cnc(C(F)(F)F)cc1C. The third-order valence-corrected chi connectivity index (χ3v) is 5.16. The highest BCUT2D eigenvalue weighted by Crippen LogP contribution is 2.38. The van der Waals surface area contributed by atoms with Gasteiger partial charge in [0.1, 0.15) is 11.4 Å². The number of thioether (sulfide) groups is 1. The van der Waals surface area contributed by atoms with Crippen LogP contribution < -0.4 is 4.90 Å². The molecular weight excluding hydrogens is 428 g/mol. The summed E-state index contributed by atoms with van der Waals surface area (Å²) >= 11 is 1.21. The summed E-state index contributed by atoms with van der Waals surface area (Å²) in [7, 11) is 1.62. The Morgan fingerprint density at radius 2 is 1.63 bits per heavy atom. The Hall–Kier alpha value is -2.23. The molecule has 3 nitrogen and oxygen atoms in total. The quantitative estimate of drug-likeness (QED) is 0.370. The topological polar surface area (TPSA) is 29.0 Å². The van der Waals surface area contributed by atoms with Crippen LogP contribution in [-0.4, -0.2) is 22.8 Å². The van der Waals surface area contributed by atoms with Gasteiger partial charge in [-0.1, -0.05) is 12.5 Å². The molecule has 0 spiro atoms. The van der Waals surface area contributed by atoms with Gasteiger partial charge in [-0.3, -0.25) is 4.98 Å². The molecule has 2 rings (SSSR count). The second kappa shape index (κ2) is 8.87. The zero-order valence-corrected chi connectivity index (χ0v) is 17.9. The van der Waals surface area contributed by atoms with Crippen molar-refractivity contribution in [2.75, 3.05) is 17.7 Å². The lowest BCUT2D eigenvalue weighted by molar-refractivity contribution is -0.141. The standard InChI is InChI=1S/C20H21F6N3S/c1-6-30-15-8-13(19(21,22)23)9-28-17(15)18(11(2)3)29(5)14-10-27-16(7-12(14)4)20(24,25)26/h7-10H,6H2,1-5H3. The first kappa shape index (κ1) is 24.0. The van der Waals surface area contributed by atoms with E-state index in [9.17, 15) is 26.3 Å². The first-order chi connectivity index (χ1) is 13.8. The lowest BCUT2D eigenvalue weighted by Gasteiger charge is -2.27. The van der Waals surface area contributed by atoms with Gasteiger partial charge in [0.15, 0.2) is 0 Å². The number of aryl methyl sites for hydroxylation is 1. The summed E-state index contributed by atoms with van der Waals surface area (Å²) in [6.07, 6.45) is -7.22. The summed E-state index contributed by atoms with van der Waals surface area (Å²) in [6, 6.07) is 1.99. The minimum Gasteiger partial charge on any atom is -0.341 e. The fourth-order valence-electron chi connectivity index (χ4n) is 2.95. The van der Waals surface area contributed by atoms with Gasteiger partial charge in [0.2, 0.25) is 0 Å². The van der Waals surface area contributed by atoms with E-state index < -0.39 is 23.6 Å². The minimum atomic E-state index is -4.57. The molecule has 30 heavy (non-hydrogen) atoms. The molecular formula is C20H21F6N3S. The van der Waals surface area contributed by atoms with Crippen LogP contribution in [0.5, 0.6) is 0 Å². The van der Waals surface area contributed by atoms with E-state index in [1.807, 2.05) is 6.92 Å². The number of hydrogen-bond donors (Lipinski definition) is 0.